The second kappa shape index (κ2) is 8.15. The Hall–Kier alpha value is -3.31. The number of benzene rings is 1. The number of aryl methyl sites for hydroxylation is 1. The molecule has 1 aromatic carbocycles. The summed E-state index contributed by atoms with van der Waals surface area (Å²) in [6.07, 6.45) is 0. The highest BCUT2D eigenvalue weighted by Gasteiger charge is 2.20. The van der Waals surface area contributed by atoms with Crippen LogP contribution in [0.25, 0.3) is 0 Å². The number of halogens is 1. The van der Waals surface area contributed by atoms with Crippen LogP contribution >= 0.6 is 11.3 Å². The van der Waals surface area contributed by atoms with Gasteiger partial charge in [-0.3, -0.25) is 9.59 Å². The maximum absolute atomic E-state index is 13.3. The van der Waals surface area contributed by atoms with E-state index in [0.717, 1.165) is 15.1 Å². The monoisotopic (exact) mass is 396 g/mol. The van der Waals surface area contributed by atoms with Gasteiger partial charge < -0.3 is 5.32 Å². The zero-order valence-electron chi connectivity index (χ0n) is 15.3. The van der Waals surface area contributed by atoms with Crippen molar-refractivity contribution >= 4 is 17.2 Å². The number of nitrogens with zero attached hydrogens (tertiary/aromatic N) is 3. The first-order chi connectivity index (χ1) is 13.4. The average Bonchev–Trinajstić information content (AvgIpc) is 3.20. The molecule has 28 heavy (non-hydrogen) atoms. The third kappa shape index (κ3) is 4.00. The van der Waals surface area contributed by atoms with Gasteiger partial charge in [-0.1, -0.05) is 18.2 Å². The van der Waals surface area contributed by atoms with E-state index >= 15 is 0 Å². The van der Waals surface area contributed by atoms with Crippen molar-refractivity contribution in [3.05, 3.63) is 85.2 Å². The molecule has 0 radical (unpaired) electrons. The molecule has 6 nitrogen and oxygen atoms in total. The number of rotatable bonds is 5. The van der Waals surface area contributed by atoms with E-state index in [1.807, 2.05) is 23.6 Å². The van der Waals surface area contributed by atoms with E-state index in [4.69, 9.17) is 0 Å². The quantitative estimate of drug-likeness (QED) is 0.718. The Kier molecular flexibility index (Phi) is 5.66. The highest BCUT2D eigenvalue weighted by atomic mass is 32.1. The number of nitrogens with one attached hydrogen (secondary N) is 1. The molecule has 0 saturated heterocycles. The normalized spacial score (nSPS) is 11.6. The number of nitriles is 1. The fraction of sp³-hybridized carbons (Fsp3) is 0.200. The summed E-state index contributed by atoms with van der Waals surface area (Å²) in [4.78, 5) is 25.9. The number of hydrogen-bond donors (Lipinski definition) is 1. The highest BCUT2D eigenvalue weighted by Crippen LogP contribution is 2.26. The van der Waals surface area contributed by atoms with Gasteiger partial charge in [-0.15, -0.1) is 11.3 Å². The van der Waals surface area contributed by atoms with E-state index in [1.165, 1.54) is 23.5 Å². The van der Waals surface area contributed by atoms with Crippen molar-refractivity contribution in [2.45, 2.75) is 26.4 Å². The zero-order valence-corrected chi connectivity index (χ0v) is 16.1. The largest absolute Gasteiger partial charge is 0.343 e. The number of aromatic nitrogens is 2. The second-order valence-corrected chi connectivity index (χ2v) is 7.21. The fourth-order valence-electron chi connectivity index (χ4n) is 2.78. The Morgan fingerprint density at radius 2 is 2.04 bits per heavy atom. The molecule has 0 aliphatic heterocycles. The Morgan fingerprint density at radius 1 is 1.32 bits per heavy atom. The molecule has 3 aromatic rings. The molecule has 0 aliphatic carbocycles. The van der Waals surface area contributed by atoms with Crippen molar-refractivity contribution in [2.75, 3.05) is 0 Å². The summed E-state index contributed by atoms with van der Waals surface area (Å²) >= 11 is 1.46. The lowest BCUT2D eigenvalue weighted by Crippen LogP contribution is -2.37. The molecule has 1 N–H and O–H groups in total. The minimum atomic E-state index is -0.602. The van der Waals surface area contributed by atoms with Gasteiger partial charge in [0.2, 0.25) is 5.91 Å². The van der Waals surface area contributed by atoms with E-state index in [1.54, 1.807) is 26.0 Å². The fourth-order valence-corrected chi connectivity index (χ4v) is 3.59. The zero-order chi connectivity index (χ0) is 20.3. The van der Waals surface area contributed by atoms with Crippen molar-refractivity contribution in [3.8, 4) is 6.07 Å². The molecule has 3 rings (SSSR count). The van der Waals surface area contributed by atoms with Gasteiger partial charge >= 0.3 is 0 Å². The smallest absolute Gasteiger partial charge is 0.285 e. The van der Waals surface area contributed by atoms with Crippen LogP contribution < -0.4 is 10.9 Å². The third-order valence-corrected chi connectivity index (χ3v) is 5.32. The van der Waals surface area contributed by atoms with Gasteiger partial charge in [0.05, 0.1) is 11.7 Å². The van der Waals surface area contributed by atoms with Crippen molar-refractivity contribution in [2.24, 2.45) is 0 Å². The van der Waals surface area contributed by atoms with Crippen LogP contribution in [0.5, 0.6) is 0 Å². The minimum absolute atomic E-state index is 0.0198. The molecule has 0 spiro atoms. The summed E-state index contributed by atoms with van der Waals surface area (Å²) in [5, 5.41) is 18.1. The predicted molar refractivity (Wildman–Crippen MR) is 103 cm³/mol. The van der Waals surface area contributed by atoms with Gasteiger partial charge in [0.15, 0.2) is 0 Å². The molecule has 0 fully saturated rings. The van der Waals surface area contributed by atoms with Gasteiger partial charge in [-0.05, 0) is 48.6 Å². The predicted octanol–water partition coefficient (Wildman–Crippen LogP) is 2.84. The Morgan fingerprint density at radius 3 is 2.64 bits per heavy atom. The topological polar surface area (TPSA) is 87.8 Å². The second-order valence-electron chi connectivity index (χ2n) is 6.23. The molecule has 0 saturated carbocycles. The maximum Gasteiger partial charge on any atom is 0.285 e. The summed E-state index contributed by atoms with van der Waals surface area (Å²) in [6, 6.07) is 11.0. The Labute approximate surface area is 164 Å². The minimum Gasteiger partial charge on any atom is -0.343 e. The molecule has 1 amide bonds. The number of carbonyl (C=O) groups excluding carboxylic acids is 1. The van der Waals surface area contributed by atoms with Gasteiger partial charge in [0.1, 0.15) is 24.0 Å². The van der Waals surface area contributed by atoms with E-state index in [9.17, 15) is 19.2 Å². The van der Waals surface area contributed by atoms with Crippen LogP contribution in [0.2, 0.25) is 0 Å². The lowest BCUT2D eigenvalue weighted by Gasteiger charge is -2.18. The molecule has 0 unspecified atom stereocenters. The van der Waals surface area contributed by atoms with Crippen LogP contribution in [0.3, 0.4) is 0 Å². The van der Waals surface area contributed by atoms with Gasteiger partial charge in [0, 0.05) is 4.88 Å². The first-order valence-electron chi connectivity index (χ1n) is 8.47. The summed E-state index contributed by atoms with van der Waals surface area (Å²) in [7, 11) is 0. The SMILES string of the molecule is Cc1nn(CC(=O)N[C@@H](c2ccc(F)cc2)c2cccs2)c(=O)c(C#N)c1C. The first-order valence-corrected chi connectivity index (χ1v) is 9.35. The van der Waals surface area contributed by atoms with Crippen molar-refractivity contribution in [1.29, 1.82) is 5.26 Å². The number of hydrogen-bond acceptors (Lipinski definition) is 5. The molecular weight excluding hydrogens is 379 g/mol. The lowest BCUT2D eigenvalue weighted by molar-refractivity contribution is -0.122. The molecule has 2 aromatic heterocycles. The van der Waals surface area contributed by atoms with Crippen LogP contribution in [0.4, 0.5) is 4.39 Å². The van der Waals surface area contributed by atoms with Gasteiger partial charge in [-0.25, -0.2) is 9.07 Å². The molecule has 1 atom stereocenters. The number of thiophene rings is 1. The summed E-state index contributed by atoms with van der Waals surface area (Å²) in [6.45, 7) is 3.00. The van der Waals surface area contributed by atoms with E-state index in [-0.39, 0.29) is 17.9 Å². The molecule has 2 heterocycles. The number of carbonyl (C=O) groups is 1. The number of amides is 1. The van der Waals surface area contributed by atoms with Gasteiger partial charge in [0.25, 0.3) is 5.56 Å². The van der Waals surface area contributed by atoms with E-state index in [0.29, 0.717) is 11.3 Å². The van der Waals surface area contributed by atoms with Crippen molar-refractivity contribution in [1.82, 2.24) is 15.1 Å². The molecule has 0 aliphatic rings. The van der Waals surface area contributed by atoms with Crippen LogP contribution in [0, 0.1) is 31.0 Å². The summed E-state index contributed by atoms with van der Waals surface area (Å²) < 4.78 is 14.3. The van der Waals surface area contributed by atoms with Crippen molar-refractivity contribution < 1.29 is 9.18 Å². The van der Waals surface area contributed by atoms with Crippen LogP contribution in [-0.2, 0) is 11.3 Å². The summed E-state index contributed by atoms with van der Waals surface area (Å²) in [5.74, 6) is -0.806. The average molecular weight is 396 g/mol. The standard InChI is InChI=1S/C20H17FN4O2S/c1-12-13(2)24-25(20(27)16(12)10-22)11-18(26)23-19(17-4-3-9-28-17)14-5-7-15(21)8-6-14/h3-9,19H,11H2,1-2H3,(H,23,26)/t19-/m0/s1. The van der Waals surface area contributed by atoms with Crippen LogP contribution in [0.1, 0.15) is 33.3 Å². The lowest BCUT2D eigenvalue weighted by atomic mass is 10.1. The van der Waals surface area contributed by atoms with E-state index < -0.39 is 17.5 Å². The Balaban J connectivity index is 1.88. The maximum atomic E-state index is 13.3. The third-order valence-electron chi connectivity index (χ3n) is 4.38. The van der Waals surface area contributed by atoms with Gasteiger partial charge in [-0.2, -0.15) is 10.4 Å². The van der Waals surface area contributed by atoms with Crippen LogP contribution in [0.15, 0.2) is 46.6 Å². The molecule has 8 heteroatoms. The van der Waals surface area contributed by atoms with E-state index in [2.05, 4.69) is 10.4 Å². The first kappa shape index (κ1) is 19.5. The highest BCUT2D eigenvalue weighted by molar-refractivity contribution is 7.10. The molecule has 0 bridgehead atoms. The molecular formula is C20H17FN4O2S. The Bertz CT molecular complexity index is 1100. The van der Waals surface area contributed by atoms with Crippen LogP contribution in [-0.4, -0.2) is 15.7 Å². The summed E-state index contributed by atoms with van der Waals surface area (Å²) in [5.41, 5.74) is 1.11. The molecule has 142 valence electrons. The van der Waals surface area contributed by atoms with Crippen molar-refractivity contribution in [3.63, 3.8) is 0 Å².